The number of hydrogen-bond acceptors (Lipinski definition) is 1. The Morgan fingerprint density at radius 2 is 1.77 bits per heavy atom. The third kappa shape index (κ3) is 2.86. The topological polar surface area (TPSA) is 73.3 Å². The molecule has 1 aromatic carbocycles. The molecule has 0 radical (unpaired) electrons. The Morgan fingerprint density at radius 3 is 2.38 bits per heavy atom. The Labute approximate surface area is 74.4 Å². The number of benzene rings is 1. The number of hydrogen-bond donors (Lipinski definition) is 3. The van der Waals surface area contributed by atoms with Gasteiger partial charge in [0.2, 0.25) is 0 Å². The van der Waals surface area contributed by atoms with Gasteiger partial charge >= 0.3 is 6.16 Å². The lowest BCUT2D eigenvalue weighted by Gasteiger charge is -1.83. The quantitative estimate of drug-likeness (QED) is 0.581. The Balaban J connectivity index is 0.000000184. The number of aromatic nitrogens is 1. The number of carbonyl (C=O) groups is 1. The first-order valence-electron chi connectivity index (χ1n) is 3.64. The van der Waals surface area contributed by atoms with E-state index in [2.05, 4.69) is 23.2 Å². The molecule has 68 valence electrons. The third-order valence-corrected chi connectivity index (χ3v) is 1.46. The molecule has 0 aliphatic heterocycles. The van der Waals surface area contributed by atoms with Gasteiger partial charge in [0.15, 0.2) is 0 Å². The Morgan fingerprint density at radius 1 is 1.15 bits per heavy atom. The summed E-state index contributed by atoms with van der Waals surface area (Å²) in [6.45, 7) is 0. The number of nitrogens with one attached hydrogen (secondary N) is 1. The van der Waals surface area contributed by atoms with Gasteiger partial charge in [-0.25, -0.2) is 4.79 Å². The summed E-state index contributed by atoms with van der Waals surface area (Å²) in [5.74, 6) is 0. The third-order valence-electron chi connectivity index (χ3n) is 1.46. The van der Waals surface area contributed by atoms with E-state index in [4.69, 9.17) is 15.0 Å². The first kappa shape index (κ1) is 9.12. The Hall–Kier alpha value is -1.97. The van der Waals surface area contributed by atoms with Gasteiger partial charge in [-0.1, -0.05) is 18.2 Å². The van der Waals surface area contributed by atoms with E-state index < -0.39 is 6.16 Å². The van der Waals surface area contributed by atoms with Gasteiger partial charge in [0.05, 0.1) is 0 Å². The van der Waals surface area contributed by atoms with E-state index in [-0.39, 0.29) is 0 Å². The lowest BCUT2D eigenvalue weighted by molar-refractivity contribution is 0.137. The van der Waals surface area contributed by atoms with Crippen LogP contribution in [0.2, 0.25) is 0 Å². The number of rotatable bonds is 0. The highest BCUT2D eigenvalue weighted by molar-refractivity contribution is 5.78. The molecule has 4 nitrogen and oxygen atoms in total. The Bertz CT molecular complexity index is 360. The molecule has 0 bridgehead atoms. The van der Waals surface area contributed by atoms with Crippen LogP contribution >= 0.6 is 0 Å². The number of H-pyrrole nitrogens is 1. The van der Waals surface area contributed by atoms with E-state index in [1.165, 1.54) is 10.9 Å². The molecule has 4 heteroatoms. The SMILES string of the molecule is O=C(O)O.c1ccc2[nH]ccc2c1. The van der Waals surface area contributed by atoms with Crippen molar-refractivity contribution in [2.24, 2.45) is 0 Å². The molecule has 2 rings (SSSR count). The summed E-state index contributed by atoms with van der Waals surface area (Å²) in [5.41, 5.74) is 1.21. The molecule has 1 heterocycles. The van der Waals surface area contributed by atoms with Crippen LogP contribution in [0.25, 0.3) is 10.9 Å². The van der Waals surface area contributed by atoms with E-state index in [1.807, 2.05) is 18.3 Å². The summed E-state index contributed by atoms with van der Waals surface area (Å²) in [6.07, 6.45) is 0.116. The second kappa shape index (κ2) is 4.15. The second-order valence-corrected chi connectivity index (χ2v) is 2.35. The molecule has 0 saturated heterocycles. The van der Waals surface area contributed by atoms with Crippen molar-refractivity contribution < 1.29 is 15.0 Å². The summed E-state index contributed by atoms with van der Waals surface area (Å²) in [5, 5.41) is 15.2. The van der Waals surface area contributed by atoms with Crippen LogP contribution in [0.5, 0.6) is 0 Å². The first-order chi connectivity index (χ1) is 6.20. The van der Waals surface area contributed by atoms with Crippen LogP contribution in [0, 0.1) is 0 Å². The summed E-state index contributed by atoms with van der Waals surface area (Å²) in [4.78, 5) is 11.7. The molecule has 0 fully saturated rings. The van der Waals surface area contributed by atoms with E-state index in [9.17, 15) is 0 Å². The summed E-state index contributed by atoms with van der Waals surface area (Å²) in [7, 11) is 0. The molecular weight excluding hydrogens is 170 g/mol. The fourth-order valence-electron chi connectivity index (χ4n) is 0.995. The lowest BCUT2D eigenvalue weighted by Crippen LogP contribution is -1.81. The van der Waals surface area contributed by atoms with Crippen LogP contribution < -0.4 is 0 Å². The van der Waals surface area contributed by atoms with Crippen molar-refractivity contribution in [3.63, 3.8) is 0 Å². The van der Waals surface area contributed by atoms with Gasteiger partial charge in [-0.3, -0.25) is 0 Å². The van der Waals surface area contributed by atoms with Gasteiger partial charge in [0.25, 0.3) is 0 Å². The fourth-order valence-corrected chi connectivity index (χ4v) is 0.995. The van der Waals surface area contributed by atoms with Crippen LogP contribution in [0.1, 0.15) is 0 Å². The van der Waals surface area contributed by atoms with Crippen LogP contribution in [-0.4, -0.2) is 21.4 Å². The van der Waals surface area contributed by atoms with E-state index in [0.29, 0.717) is 0 Å². The average molecular weight is 179 g/mol. The van der Waals surface area contributed by atoms with Gasteiger partial charge in [-0.05, 0) is 17.5 Å². The minimum absolute atomic E-state index is 1.21. The van der Waals surface area contributed by atoms with Crippen LogP contribution in [-0.2, 0) is 0 Å². The van der Waals surface area contributed by atoms with Gasteiger partial charge < -0.3 is 15.2 Å². The van der Waals surface area contributed by atoms with Crippen molar-refractivity contribution in [2.45, 2.75) is 0 Å². The number of carboxylic acid groups (broad SMARTS) is 2. The zero-order valence-electron chi connectivity index (χ0n) is 6.77. The number of para-hydroxylation sites is 1. The molecule has 0 saturated carbocycles. The maximum atomic E-state index is 8.56. The van der Waals surface area contributed by atoms with Crippen LogP contribution in [0.4, 0.5) is 4.79 Å². The van der Waals surface area contributed by atoms with Gasteiger partial charge in [-0.2, -0.15) is 0 Å². The highest BCUT2D eigenvalue weighted by atomic mass is 16.6. The van der Waals surface area contributed by atoms with Gasteiger partial charge in [-0.15, -0.1) is 0 Å². The van der Waals surface area contributed by atoms with Crippen molar-refractivity contribution in [3.8, 4) is 0 Å². The largest absolute Gasteiger partial charge is 0.503 e. The van der Waals surface area contributed by atoms with Gasteiger partial charge in [0, 0.05) is 11.7 Å². The highest BCUT2D eigenvalue weighted by Gasteiger charge is 1.86. The fraction of sp³-hybridized carbons (Fsp3) is 0. The lowest BCUT2D eigenvalue weighted by atomic mass is 10.3. The molecular formula is C9H9NO3. The zero-order chi connectivity index (χ0) is 9.68. The molecule has 3 N–H and O–H groups in total. The highest BCUT2D eigenvalue weighted by Crippen LogP contribution is 2.09. The zero-order valence-corrected chi connectivity index (χ0v) is 6.77. The summed E-state index contributed by atoms with van der Waals surface area (Å²) in [6, 6.07) is 10.3. The normalized spacial score (nSPS) is 8.92. The molecule has 0 amide bonds. The van der Waals surface area contributed by atoms with Crippen molar-refractivity contribution in [1.82, 2.24) is 4.98 Å². The van der Waals surface area contributed by atoms with E-state index >= 15 is 0 Å². The minimum Gasteiger partial charge on any atom is -0.450 e. The van der Waals surface area contributed by atoms with E-state index in [0.717, 1.165) is 0 Å². The molecule has 0 spiro atoms. The molecule has 0 atom stereocenters. The number of fused-ring (bicyclic) bond motifs is 1. The van der Waals surface area contributed by atoms with Crippen LogP contribution in [0.15, 0.2) is 36.5 Å². The van der Waals surface area contributed by atoms with Crippen molar-refractivity contribution in [2.75, 3.05) is 0 Å². The standard InChI is InChI=1S/C8H7N.CH2O3/c1-2-4-8-7(3-1)5-6-9-8;2-1(3)4/h1-6,9H;(H2,2,3,4). The molecule has 1 aromatic heterocycles. The maximum absolute atomic E-state index is 8.56. The van der Waals surface area contributed by atoms with E-state index in [1.54, 1.807) is 0 Å². The van der Waals surface area contributed by atoms with Gasteiger partial charge in [0.1, 0.15) is 0 Å². The first-order valence-corrected chi connectivity index (χ1v) is 3.64. The molecule has 0 aliphatic rings. The summed E-state index contributed by atoms with van der Waals surface area (Å²) < 4.78 is 0. The predicted molar refractivity (Wildman–Crippen MR) is 49.0 cm³/mol. The maximum Gasteiger partial charge on any atom is 0.503 e. The van der Waals surface area contributed by atoms with Crippen LogP contribution in [0.3, 0.4) is 0 Å². The number of aromatic amines is 1. The molecule has 0 unspecified atom stereocenters. The summed E-state index contributed by atoms with van der Waals surface area (Å²) >= 11 is 0. The smallest absolute Gasteiger partial charge is 0.450 e. The van der Waals surface area contributed by atoms with Crippen molar-refractivity contribution >= 4 is 17.1 Å². The molecule has 2 aromatic rings. The average Bonchev–Trinajstić information content (AvgIpc) is 2.49. The predicted octanol–water partition coefficient (Wildman–Crippen LogP) is 2.39. The second-order valence-electron chi connectivity index (χ2n) is 2.35. The minimum atomic E-state index is -1.83. The monoisotopic (exact) mass is 179 g/mol. The molecule has 0 aliphatic carbocycles. The van der Waals surface area contributed by atoms with Crippen molar-refractivity contribution in [3.05, 3.63) is 36.5 Å². The molecule has 13 heavy (non-hydrogen) atoms. The Kier molecular flexibility index (Phi) is 2.92. The van der Waals surface area contributed by atoms with Crippen molar-refractivity contribution in [1.29, 1.82) is 0 Å².